The number of nitrogens with two attached hydrogens (primary N) is 1. The van der Waals surface area contributed by atoms with E-state index in [1.165, 1.54) is 10.5 Å². The molecule has 0 aromatic heterocycles. The Kier molecular flexibility index (Phi) is 5.02. The smallest absolute Gasteiger partial charge is 0.238 e. The van der Waals surface area contributed by atoms with Crippen molar-refractivity contribution in [2.75, 3.05) is 12.3 Å². The van der Waals surface area contributed by atoms with Gasteiger partial charge in [-0.1, -0.05) is 25.1 Å². The number of carbonyl (C=O) groups excluding carboxylic acids is 1. The highest BCUT2D eigenvalue weighted by Crippen LogP contribution is 2.25. The van der Waals surface area contributed by atoms with Gasteiger partial charge in [-0.25, -0.2) is 0 Å². The van der Waals surface area contributed by atoms with Crippen LogP contribution in [-0.2, 0) is 4.79 Å². The minimum Gasteiger partial charge on any atom is -0.368 e. The number of carbonyl (C=O) groups is 1. The number of amides is 1. The summed E-state index contributed by atoms with van der Waals surface area (Å²) in [5, 5.41) is 3.15. The number of rotatable bonds is 6. The van der Waals surface area contributed by atoms with Gasteiger partial charge in [-0.3, -0.25) is 4.79 Å². The molecule has 17 heavy (non-hydrogen) atoms. The third-order valence-corrected chi connectivity index (χ3v) is 4.21. The SMILES string of the molecule is CCNC(C)(CSc1ccccc1C)C(N)=O. The Bertz CT molecular complexity index is 395. The average Bonchev–Trinajstić information content (AvgIpc) is 2.28. The van der Waals surface area contributed by atoms with Gasteiger partial charge >= 0.3 is 0 Å². The molecule has 1 rings (SSSR count). The van der Waals surface area contributed by atoms with Gasteiger partial charge in [-0.2, -0.15) is 0 Å². The second-order valence-electron chi connectivity index (χ2n) is 4.28. The molecule has 1 atom stereocenters. The Hall–Kier alpha value is -1.00. The molecule has 4 heteroatoms. The quantitative estimate of drug-likeness (QED) is 0.761. The number of nitrogens with one attached hydrogen (secondary N) is 1. The third-order valence-electron chi connectivity index (χ3n) is 2.72. The van der Waals surface area contributed by atoms with E-state index in [0.717, 1.165) is 6.54 Å². The van der Waals surface area contributed by atoms with Crippen LogP contribution in [0.2, 0.25) is 0 Å². The van der Waals surface area contributed by atoms with Gasteiger partial charge in [0.05, 0.1) is 0 Å². The zero-order valence-corrected chi connectivity index (χ0v) is 11.4. The molecule has 94 valence electrons. The molecule has 0 saturated carbocycles. The molecule has 1 unspecified atom stereocenters. The van der Waals surface area contributed by atoms with Crippen LogP contribution in [0.3, 0.4) is 0 Å². The molecule has 0 aliphatic carbocycles. The fraction of sp³-hybridized carbons (Fsp3) is 0.462. The first-order valence-corrected chi connectivity index (χ1v) is 6.71. The lowest BCUT2D eigenvalue weighted by Crippen LogP contribution is -2.55. The molecule has 0 saturated heterocycles. The van der Waals surface area contributed by atoms with Gasteiger partial charge < -0.3 is 11.1 Å². The second-order valence-corrected chi connectivity index (χ2v) is 5.30. The Morgan fingerprint density at radius 3 is 2.65 bits per heavy atom. The van der Waals surface area contributed by atoms with Crippen molar-refractivity contribution in [1.29, 1.82) is 0 Å². The van der Waals surface area contributed by atoms with Crippen LogP contribution in [0, 0.1) is 6.92 Å². The summed E-state index contributed by atoms with van der Waals surface area (Å²) in [5.74, 6) is 0.335. The number of likely N-dealkylation sites (N-methyl/N-ethyl adjacent to an activating group) is 1. The van der Waals surface area contributed by atoms with Gasteiger partial charge in [0.1, 0.15) is 5.54 Å². The Balaban J connectivity index is 2.71. The molecule has 0 aliphatic rings. The molecule has 1 amide bonds. The lowest BCUT2D eigenvalue weighted by atomic mass is 10.1. The van der Waals surface area contributed by atoms with Gasteiger partial charge in [-0.15, -0.1) is 11.8 Å². The van der Waals surface area contributed by atoms with Crippen molar-refractivity contribution in [3.8, 4) is 0 Å². The van der Waals surface area contributed by atoms with Crippen molar-refractivity contribution in [2.45, 2.75) is 31.2 Å². The first kappa shape index (κ1) is 14.1. The predicted octanol–water partition coefficient (Wildman–Crippen LogP) is 1.94. The van der Waals surface area contributed by atoms with E-state index in [1.54, 1.807) is 11.8 Å². The highest BCUT2D eigenvalue weighted by atomic mass is 32.2. The van der Waals surface area contributed by atoms with Crippen LogP contribution in [0.1, 0.15) is 19.4 Å². The molecule has 1 aromatic rings. The topological polar surface area (TPSA) is 55.1 Å². The number of benzene rings is 1. The highest BCUT2D eigenvalue weighted by Gasteiger charge is 2.29. The minimum atomic E-state index is -0.651. The molecule has 0 fully saturated rings. The largest absolute Gasteiger partial charge is 0.368 e. The Morgan fingerprint density at radius 2 is 2.12 bits per heavy atom. The molecular formula is C13H20N2OS. The van der Waals surface area contributed by atoms with Crippen LogP contribution < -0.4 is 11.1 Å². The van der Waals surface area contributed by atoms with Gasteiger partial charge in [0.2, 0.25) is 5.91 Å². The van der Waals surface area contributed by atoms with Crippen LogP contribution in [0.5, 0.6) is 0 Å². The zero-order valence-electron chi connectivity index (χ0n) is 10.6. The molecule has 0 spiro atoms. The van der Waals surface area contributed by atoms with Crippen molar-refractivity contribution in [1.82, 2.24) is 5.32 Å². The fourth-order valence-corrected chi connectivity index (χ4v) is 2.70. The summed E-state index contributed by atoms with van der Waals surface area (Å²) in [6.45, 7) is 6.62. The minimum absolute atomic E-state index is 0.305. The summed E-state index contributed by atoms with van der Waals surface area (Å²) in [4.78, 5) is 12.7. The maximum atomic E-state index is 11.5. The molecule has 0 aliphatic heterocycles. The third kappa shape index (κ3) is 3.75. The molecule has 0 radical (unpaired) electrons. The number of aryl methyl sites for hydroxylation is 1. The lowest BCUT2D eigenvalue weighted by molar-refractivity contribution is -0.122. The Labute approximate surface area is 107 Å². The molecular weight excluding hydrogens is 232 g/mol. The van der Waals surface area contributed by atoms with Crippen molar-refractivity contribution in [3.63, 3.8) is 0 Å². The van der Waals surface area contributed by atoms with E-state index >= 15 is 0 Å². The first-order chi connectivity index (χ1) is 7.99. The summed E-state index contributed by atoms with van der Waals surface area (Å²) in [6, 6.07) is 8.14. The van der Waals surface area contributed by atoms with Crippen molar-refractivity contribution in [3.05, 3.63) is 29.8 Å². The average molecular weight is 252 g/mol. The van der Waals surface area contributed by atoms with E-state index in [9.17, 15) is 4.79 Å². The van der Waals surface area contributed by atoms with E-state index < -0.39 is 5.54 Å². The summed E-state index contributed by atoms with van der Waals surface area (Å²) >= 11 is 1.66. The number of hydrogen-bond donors (Lipinski definition) is 2. The number of hydrogen-bond acceptors (Lipinski definition) is 3. The maximum absolute atomic E-state index is 11.5. The molecule has 0 heterocycles. The summed E-state index contributed by atoms with van der Waals surface area (Å²) < 4.78 is 0. The van der Waals surface area contributed by atoms with E-state index in [2.05, 4.69) is 24.4 Å². The van der Waals surface area contributed by atoms with Gasteiger partial charge in [0.25, 0.3) is 0 Å². The molecule has 1 aromatic carbocycles. The summed E-state index contributed by atoms with van der Waals surface area (Å²) in [5.41, 5.74) is 6.02. The van der Waals surface area contributed by atoms with E-state index in [0.29, 0.717) is 5.75 Å². The van der Waals surface area contributed by atoms with E-state index in [4.69, 9.17) is 5.73 Å². The van der Waals surface area contributed by atoms with Crippen molar-refractivity contribution < 1.29 is 4.79 Å². The van der Waals surface area contributed by atoms with Crippen LogP contribution in [0.15, 0.2) is 29.2 Å². The monoisotopic (exact) mass is 252 g/mol. The first-order valence-electron chi connectivity index (χ1n) is 5.73. The van der Waals surface area contributed by atoms with Crippen LogP contribution >= 0.6 is 11.8 Å². The second kappa shape index (κ2) is 6.07. The fourth-order valence-electron chi connectivity index (χ4n) is 1.54. The molecule has 3 N–H and O–H groups in total. The van der Waals surface area contributed by atoms with E-state index in [-0.39, 0.29) is 5.91 Å². The number of primary amides is 1. The van der Waals surface area contributed by atoms with E-state index in [1.807, 2.05) is 26.0 Å². The van der Waals surface area contributed by atoms with Gasteiger partial charge in [0.15, 0.2) is 0 Å². The van der Waals surface area contributed by atoms with Crippen molar-refractivity contribution >= 4 is 17.7 Å². The lowest BCUT2D eigenvalue weighted by Gasteiger charge is -2.26. The van der Waals surface area contributed by atoms with Gasteiger partial charge in [0, 0.05) is 10.6 Å². The van der Waals surface area contributed by atoms with Crippen LogP contribution in [0.25, 0.3) is 0 Å². The summed E-state index contributed by atoms with van der Waals surface area (Å²) in [7, 11) is 0. The Morgan fingerprint density at radius 1 is 1.47 bits per heavy atom. The normalized spacial score (nSPS) is 14.3. The molecule has 0 bridgehead atoms. The van der Waals surface area contributed by atoms with Gasteiger partial charge in [-0.05, 0) is 32.0 Å². The predicted molar refractivity (Wildman–Crippen MR) is 73.2 cm³/mol. The number of thioether (sulfide) groups is 1. The van der Waals surface area contributed by atoms with Crippen molar-refractivity contribution in [2.24, 2.45) is 5.73 Å². The standard InChI is InChI=1S/C13H20N2OS/c1-4-15-13(3,12(14)16)9-17-11-8-6-5-7-10(11)2/h5-8,15H,4,9H2,1-3H3,(H2,14,16). The van der Waals surface area contributed by atoms with Crippen LogP contribution in [0.4, 0.5) is 0 Å². The zero-order chi connectivity index (χ0) is 12.9. The molecule has 3 nitrogen and oxygen atoms in total. The van der Waals surface area contributed by atoms with Crippen LogP contribution in [-0.4, -0.2) is 23.7 Å². The highest BCUT2D eigenvalue weighted by molar-refractivity contribution is 7.99. The maximum Gasteiger partial charge on any atom is 0.238 e. The summed E-state index contributed by atoms with van der Waals surface area (Å²) in [6.07, 6.45) is 0.